The zero-order chi connectivity index (χ0) is 20.0. The molecule has 0 atom stereocenters. The minimum atomic E-state index is -0.0572. The number of amides is 1. The number of carbonyl (C=O) groups is 1. The van der Waals surface area contributed by atoms with Gasteiger partial charge in [-0.25, -0.2) is 0 Å². The highest BCUT2D eigenvalue weighted by atomic mass is 16.1. The van der Waals surface area contributed by atoms with E-state index in [1.165, 1.54) is 24.0 Å². The molecule has 1 fully saturated rings. The number of aryl methyl sites for hydroxylation is 1. The lowest BCUT2D eigenvalue weighted by Crippen LogP contribution is -2.42. The van der Waals surface area contributed by atoms with Crippen molar-refractivity contribution in [2.45, 2.75) is 31.6 Å². The molecule has 148 valence electrons. The Morgan fingerprint density at radius 3 is 2.57 bits per heavy atom. The Balaban J connectivity index is 1.51. The first kappa shape index (κ1) is 19.9. The number of benzene rings is 2. The molecule has 0 heterocycles. The molecule has 0 aromatic heterocycles. The Morgan fingerprint density at radius 1 is 1.11 bits per heavy atom. The van der Waals surface area contributed by atoms with Gasteiger partial charge in [-0.2, -0.15) is 0 Å². The van der Waals surface area contributed by atoms with E-state index in [1.54, 1.807) is 14.1 Å². The van der Waals surface area contributed by atoms with Crippen LogP contribution in [0, 0.1) is 6.92 Å². The van der Waals surface area contributed by atoms with Gasteiger partial charge in [0.15, 0.2) is 5.96 Å². The van der Waals surface area contributed by atoms with Crippen LogP contribution in [0.5, 0.6) is 0 Å². The molecule has 3 rings (SSSR count). The summed E-state index contributed by atoms with van der Waals surface area (Å²) in [4.78, 5) is 16.1. The number of carbonyl (C=O) groups excluding carboxylic acids is 1. The van der Waals surface area contributed by atoms with Gasteiger partial charge in [-0.15, -0.1) is 0 Å². The number of rotatable bonds is 7. The molecule has 2 aromatic rings. The largest absolute Gasteiger partial charge is 0.356 e. The van der Waals surface area contributed by atoms with Crippen molar-refractivity contribution in [3.63, 3.8) is 0 Å². The maximum atomic E-state index is 11.8. The molecule has 5 nitrogen and oxygen atoms in total. The lowest BCUT2D eigenvalue weighted by atomic mass is 9.92. The highest BCUT2D eigenvalue weighted by Crippen LogP contribution is 2.48. The van der Waals surface area contributed by atoms with Gasteiger partial charge in [0.05, 0.1) is 0 Å². The van der Waals surface area contributed by atoms with Gasteiger partial charge in [0.2, 0.25) is 0 Å². The molecular weight excluding hydrogens is 348 g/mol. The first-order chi connectivity index (χ1) is 13.6. The Morgan fingerprint density at radius 2 is 1.89 bits per heavy atom. The first-order valence-corrected chi connectivity index (χ1v) is 9.89. The predicted molar refractivity (Wildman–Crippen MR) is 115 cm³/mol. The van der Waals surface area contributed by atoms with Crippen molar-refractivity contribution in [1.29, 1.82) is 0 Å². The molecule has 5 heteroatoms. The summed E-state index contributed by atoms with van der Waals surface area (Å²) in [7, 11) is 3.45. The summed E-state index contributed by atoms with van der Waals surface area (Å²) in [5.41, 5.74) is 4.87. The maximum Gasteiger partial charge on any atom is 0.251 e. The fourth-order valence-electron chi connectivity index (χ4n) is 3.67. The van der Waals surface area contributed by atoms with Gasteiger partial charge in [0, 0.05) is 38.2 Å². The fourth-order valence-corrected chi connectivity index (χ4v) is 3.67. The van der Waals surface area contributed by atoms with Crippen LogP contribution >= 0.6 is 0 Å². The second kappa shape index (κ2) is 8.91. The van der Waals surface area contributed by atoms with Crippen LogP contribution in [0.2, 0.25) is 0 Å². The van der Waals surface area contributed by atoms with Crippen LogP contribution in [-0.4, -0.2) is 39.1 Å². The first-order valence-electron chi connectivity index (χ1n) is 9.89. The highest BCUT2D eigenvalue weighted by molar-refractivity contribution is 5.94. The standard InChI is InChI=1S/C23H30N4O/c1-17-7-4-5-10-20(17)23(12-13-23)16-27-22(25-3)26-14-11-18-8-6-9-19(15-18)21(28)24-2/h4-10,15H,11-14,16H2,1-3H3,(H,24,28)(H2,25,26,27). The van der Waals surface area contributed by atoms with Gasteiger partial charge in [0.1, 0.15) is 0 Å². The summed E-state index contributed by atoms with van der Waals surface area (Å²) in [5, 5.41) is 9.55. The lowest BCUT2D eigenvalue weighted by molar-refractivity contribution is 0.0963. The van der Waals surface area contributed by atoms with E-state index in [2.05, 4.69) is 52.1 Å². The smallest absolute Gasteiger partial charge is 0.251 e. The molecule has 0 radical (unpaired) electrons. The summed E-state index contributed by atoms with van der Waals surface area (Å²) >= 11 is 0. The Bertz CT molecular complexity index is 855. The molecule has 0 unspecified atom stereocenters. The summed E-state index contributed by atoms with van der Waals surface area (Å²) < 4.78 is 0. The molecular formula is C23H30N4O. The van der Waals surface area contributed by atoms with E-state index in [9.17, 15) is 4.79 Å². The van der Waals surface area contributed by atoms with Crippen LogP contribution in [-0.2, 0) is 11.8 Å². The Kier molecular flexibility index (Phi) is 6.34. The van der Waals surface area contributed by atoms with E-state index in [1.807, 2.05) is 24.3 Å². The second-order valence-electron chi connectivity index (χ2n) is 7.48. The van der Waals surface area contributed by atoms with Crippen LogP contribution in [0.4, 0.5) is 0 Å². The molecule has 0 spiro atoms. The summed E-state index contributed by atoms with van der Waals surface area (Å²) in [6.07, 6.45) is 3.26. The van der Waals surface area contributed by atoms with Crippen LogP contribution < -0.4 is 16.0 Å². The monoisotopic (exact) mass is 378 g/mol. The zero-order valence-electron chi connectivity index (χ0n) is 17.0. The SMILES string of the molecule is CN=C(NCCc1cccc(C(=O)NC)c1)NCC1(c2ccccc2C)CC1. The maximum absolute atomic E-state index is 11.8. The quantitative estimate of drug-likeness (QED) is 0.513. The van der Waals surface area contributed by atoms with Crippen molar-refractivity contribution >= 4 is 11.9 Å². The Labute approximate surface area is 167 Å². The van der Waals surface area contributed by atoms with Crippen molar-refractivity contribution in [2.75, 3.05) is 27.2 Å². The fraction of sp³-hybridized carbons (Fsp3) is 0.391. The predicted octanol–water partition coefficient (Wildman–Crippen LogP) is 2.79. The Hall–Kier alpha value is -2.82. The number of aliphatic imine (C=N–C) groups is 1. The van der Waals surface area contributed by atoms with Gasteiger partial charge < -0.3 is 16.0 Å². The van der Waals surface area contributed by atoms with Crippen molar-refractivity contribution < 1.29 is 4.79 Å². The molecule has 0 aliphatic heterocycles. The van der Waals surface area contributed by atoms with Gasteiger partial charge in [-0.05, 0) is 55.0 Å². The van der Waals surface area contributed by atoms with E-state index < -0.39 is 0 Å². The summed E-state index contributed by atoms with van der Waals surface area (Å²) in [6.45, 7) is 3.84. The van der Waals surface area contributed by atoms with E-state index in [0.717, 1.165) is 31.0 Å². The topological polar surface area (TPSA) is 65.5 Å². The van der Waals surface area contributed by atoms with Crippen LogP contribution in [0.25, 0.3) is 0 Å². The van der Waals surface area contributed by atoms with Crippen LogP contribution in [0.15, 0.2) is 53.5 Å². The molecule has 1 aliphatic rings. The van der Waals surface area contributed by atoms with Crippen molar-refractivity contribution in [3.05, 3.63) is 70.8 Å². The number of guanidine groups is 1. The van der Waals surface area contributed by atoms with E-state index in [-0.39, 0.29) is 11.3 Å². The molecule has 2 aromatic carbocycles. The third-order valence-corrected chi connectivity index (χ3v) is 5.51. The zero-order valence-corrected chi connectivity index (χ0v) is 17.0. The molecule has 0 saturated heterocycles. The van der Waals surface area contributed by atoms with E-state index in [0.29, 0.717) is 5.56 Å². The van der Waals surface area contributed by atoms with Crippen molar-refractivity contribution in [2.24, 2.45) is 4.99 Å². The molecule has 1 saturated carbocycles. The van der Waals surface area contributed by atoms with Crippen LogP contribution in [0.3, 0.4) is 0 Å². The van der Waals surface area contributed by atoms with Crippen molar-refractivity contribution in [1.82, 2.24) is 16.0 Å². The van der Waals surface area contributed by atoms with Crippen LogP contribution in [0.1, 0.15) is 39.9 Å². The third-order valence-electron chi connectivity index (χ3n) is 5.51. The number of nitrogens with zero attached hydrogens (tertiary/aromatic N) is 1. The molecule has 1 aliphatic carbocycles. The number of hydrogen-bond donors (Lipinski definition) is 3. The normalized spacial score (nSPS) is 15.0. The minimum absolute atomic E-state index is 0.0572. The van der Waals surface area contributed by atoms with E-state index in [4.69, 9.17) is 0 Å². The summed E-state index contributed by atoms with van der Waals surface area (Å²) in [5.74, 6) is 0.764. The minimum Gasteiger partial charge on any atom is -0.356 e. The third kappa shape index (κ3) is 4.71. The molecule has 3 N–H and O–H groups in total. The molecule has 0 bridgehead atoms. The highest BCUT2D eigenvalue weighted by Gasteiger charge is 2.44. The summed E-state index contributed by atoms with van der Waals surface area (Å²) in [6, 6.07) is 16.4. The average molecular weight is 379 g/mol. The average Bonchev–Trinajstić information content (AvgIpc) is 3.51. The second-order valence-corrected chi connectivity index (χ2v) is 7.48. The van der Waals surface area contributed by atoms with Gasteiger partial charge >= 0.3 is 0 Å². The van der Waals surface area contributed by atoms with Gasteiger partial charge in [-0.3, -0.25) is 9.79 Å². The van der Waals surface area contributed by atoms with Gasteiger partial charge in [0.25, 0.3) is 5.91 Å². The van der Waals surface area contributed by atoms with Gasteiger partial charge in [-0.1, -0.05) is 36.4 Å². The molecule has 28 heavy (non-hydrogen) atoms. The number of nitrogens with one attached hydrogen (secondary N) is 3. The van der Waals surface area contributed by atoms with Crippen molar-refractivity contribution in [3.8, 4) is 0 Å². The van der Waals surface area contributed by atoms with E-state index >= 15 is 0 Å². The lowest BCUT2D eigenvalue weighted by Gasteiger charge is -2.20. The number of hydrogen-bond acceptors (Lipinski definition) is 2. The molecule has 1 amide bonds.